The average Bonchev–Trinajstić information content (AvgIpc) is 3.01. The van der Waals surface area contributed by atoms with Gasteiger partial charge in [-0.3, -0.25) is 9.69 Å². The smallest absolute Gasteiger partial charge is 0.268 e. The Labute approximate surface area is 124 Å². The van der Waals surface area contributed by atoms with E-state index in [0.717, 1.165) is 10.6 Å². The monoisotopic (exact) mass is 303 g/mol. The van der Waals surface area contributed by atoms with Crippen molar-refractivity contribution < 1.29 is 4.79 Å². The van der Waals surface area contributed by atoms with Gasteiger partial charge in [-0.1, -0.05) is 48.2 Å². The minimum absolute atomic E-state index is 0.0467. The number of amides is 1. The normalized spacial score (nSPS) is 17.5. The van der Waals surface area contributed by atoms with E-state index in [-0.39, 0.29) is 5.91 Å². The first-order chi connectivity index (χ1) is 9.25. The molecule has 1 amide bonds. The Balaban J connectivity index is 1.94. The maximum atomic E-state index is 12.4. The van der Waals surface area contributed by atoms with Crippen molar-refractivity contribution >= 4 is 57.3 Å². The summed E-state index contributed by atoms with van der Waals surface area (Å²) in [6, 6.07) is 13.4. The van der Waals surface area contributed by atoms with Gasteiger partial charge < -0.3 is 0 Å². The maximum absolute atomic E-state index is 12.4. The summed E-state index contributed by atoms with van der Waals surface area (Å²) in [6.45, 7) is 0. The van der Waals surface area contributed by atoms with E-state index in [2.05, 4.69) is 0 Å². The first-order valence-corrected chi connectivity index (χ1v) is 7.72. The number of thiophene rings is 1. The highest BCUT2D eigenvalue weighted by Crippen LogP contribution is 2.36. The molecule has 2 nitrogen and oxygen atoms in total. The molecule has 1 aliphatic rings. The molecule has 2 heterocycles. The third kappa shape index (κ3) is 2.49. The molecule has 0 radical (unpaired) electrons. The van der Waals surface area contributed by atoms with Gasteiger partial charge >= 0.3 is 0 Å². The molecule has 0 N–H and O–H groups in total. The lowest BCUT2D eigenvalue weighted by Gasteiger charge is -2.13. The van der Waals surface area contributed by atoms with E-state index >= 15 is 0 Å². The number of hydrogen-bond acceptors (Lipinski definition) is 4. The highest BCUT2D eigenvalue weighted by Gasteiger charge is 2.33. The second-order valence-corrected chi connectivity index (χ2v) is 6.52. The zero-order valence-electron chi connectivity index (χ0n) is 9.78. The molecule has 0 unspecified atom stereocenters. The van der Waals surface area contributed by atoms with Gasteiger partial charge in [0.15, 0.2) is 4.32 Å². The summed E-state index contributed by atoms with van der Waals surface area (Å²) in [7, 11) is 0. The summed E-state index contributed by atoms with van der Waals surface area (Å²) in [5, 5.41) is 1.99. The zero-order chi connectivity index (χ0) is 13.2. The average molecular weight is 303 g/mol. The minimum Gasteiger partial charge on any atom is -0.268 e. The number of para-hydroxylation sites is 1. The number of carbonyl (C=O) groups excluding carboxylic acids is 1. The number of anilines is 1. The van der Waals surface area contributed by atoms with Gasteiger partial charge in [-0.2, -0.15) is 0 Å². The van der Waals surface area contributed by atoms with Crippen LogP contribution in [-0.4, -0.2) is 10.2 Å². The van der Waals surface area contributed by atoms with Crippen LogP contribution >= 0.6 is 35.3 Å². The van der Waals surface area contributed by atoms with Crippen molar-refractivity contribution in [2.24, 2.45) is 0 Å². The number of hydrogen-bond donors (Lipinski definition) is 0. The zero-order valence-corrected chi connectivity index (χ0v) is 12.2. The number of thioether (sulfide) groups is 1. The van der Waals surface area contributed by atoms with Gasteiger partial charge in [0.2, 0.25) is 0 Å². The van der Waals surface area contributed by atoms with Crippen LogP contribution in [0.3, 0.4) is 0 Å². The molecule has 1 fully saturated rings. The first kappa shape index (κ1) is 12.6. The Morgan fingerprint density at radius 2 is 1.89 bits per heavy atom. The molecule has 94 valence electrons. The largest absolute Gasteiger partial charge is 0.270 e. The number of carbonyl (C=O) groups is 1. The predicted molar refractivity (Wildman–Crippen MR) is 86.4 cm³/mol. The molecular weight excluding hydrogens is 294 g/mol. The molecule has 1 aromatic heterocycles. The van der Waals surface area contributed by atoms with Gasteiger partial charge in [-0.15, -0.1) is 11.3 Å². The summed E-state index contributed by atoms with van der Waals surface area (Å²) < 4.78 is 0.582. The lowest BCUT2D eigenvalue weighted by molar-refractivity contribution is -0.113. The molecule has 0 bridgehead atoms. The minimum atomic E-state index is -0.0467. The Hall–Kier alpha value is -1.43. The number of benzene rings is 1. The van der Waals surface area contributed by atoms with Crippen molar-refractivity contribution in [1.82, 2.24) is 0 Å². The van der Waals surface area contributed by atoms with Crippen LogP contribution in [0.1, 0.15) is 4.88 Å². The molecule has 0 saturated carbocycles. The lowest BCUT2D eigenvalue weighted by Crippen LogP contribution is -2.27. The van der Waals surface area contributed by atoms with Crippen molar-refractivity contribution in [3.05, 3.63) is 57.6 Å². The fourth-order valence-corrected chi connectivity index (χ4v) is 3.79. The van der Waals surface area contributed by atoms with Crippen molar-refractivity contribution in [3.8, 4) is 0 Å². The van der Waals surface area contributed by atoms with E-state index in [9.17, 15) is 4.79 Å². The fourth-order valence-electron chi connectivity index (χ4n) is 1.77. The van der Waals surface area contributed by atoms with Gasteiger partial charge in [-0.05, 0) is 29.7 Å². The predicted octanol–water partition coefficient (Wildman–Crippen LogP) is 4.15. The van der Waals surface area contributed by atoms with Gasteiger partial charge in [-0.25, -0.2) is 0 Å². The van der Waals surface area contributed by atoms with Crippen molar-refractivity contribution in [2.45, 2.75) is 0 Å². The molecule has 0 spiro atoms. The van der Waals surface area contributed by atoms with E-state index in [4.69, 9.17) is 12.2 Å². The molecule has 2 aromatic rings. The molecule has 5 heteroatoms. The van der Waals surface area contributed by atoms with Crippen LogP contribution in [0.5, 0.6) is 0 Å². The number of thiocarbonyl (C=S) groups is 1. The molecule has 1 aliphatic heterocycles. The quantitative estimate of drug-likeness (QED) is 0.614. The number of rotatable bonds is 2. The third-order valence-corrected chi connectivity index (χ3v) is 4.75. The van der Waals surface area contributed by atoms with Crippen LogP contribution in [-0.2, 0) is 4.79 Å². The SMILES string of the molecule is O=C1/C(=C\c2cccs2)SC(=S)N1c1ccccc1. The van der Waals surface area contributed by atoms with Crippen LogP contribution in [0.25, 0.3) is 6.08 Å². The fraction of sp³-hybridized carbons (Fsp3) is 0. The molecule has 3 rings (SSSR count). The molecule has 19 heavy (non-hydrogen) atoms. The van der Waals surface area contributed by atoms with Crippen LogP contribution < -0.4 is 4.90 Å². The van der Waals surface area contributed by atoms with E-state index < -0.39 is 0 Å². The third-order valence-electron chi connectivity index (χ3n) is 2.62. The second-order valence-electron chi connectivity index (χ2n) is 3.87. The van der Waals surface area contributed by atoms with E-state index in [1.165, 1.54) is 11.8 Å². The van der Waals surface area contributed by atoms with E-state index in [1.54, 1.807) is 16.2 Å². The number of nitrogens with zero attached hydrogens (tertiary/aromatic N) is 1. The van der Waals surface area contributed by atoms with E-state index in [1.807, 2.05) is 53.9 Å². The van der Waals surface area contributed by atoms with Crippen LogP contribution in [0.2, 0.25) is 0 Å². The molecule has 0 atom stereocenters. The topological polar surface area (TPSA) is 20.3 Å². The van der Waals surface area contributed by atoms with Gasteiger partial charge in [0, 0.05) is 4.88 Å². The van der Waals surface area contributed by atoms with Crippen LogP contribution in [0.15, 0.2) is 52.7 Å². The summed E-state index contributed by atoms with van der Waals surface area (Å²) >= 11 is 8.26. The van der Waals surface area contributed by atoms with Crippen molar-refractivity contribution in [2.75, 3.05) is 4.90 Å². The molecule has 1 saturated heterocycles. The second kappa shape index (κ2) is 5.28. The molecule has 0 aliphatic carbocycles. The first-order valence-electron chi connectivity index (χ1n) is 5.62. The summed E-state index contributed by atoms with van der Waals surface area (Å²) in [5.74, 6) is -0.0467. The van der Waals surface area contributed by atoms with E-state index in [0.29, 0.717) is 9.23 Å². The van der Waals surface area contributed by atoms with Gasteiger partial charge in [0.25, 0.3) is 5.91 Å². The maximum Gasteiger partial charge on any atom is 0.270 e. The molecule has 1 aromatic carbocycles. The summed E-state index contributed by atoms with van der Waals surface area (Å²) in [5.41, 5.74) is 0.819. The Kier molecular flexibility index (Phi) is 3.50. The summed E-state index contributed by atoms with van der Waals surface area (Å²) in [4.78, 5) is 15.7. The highest BCUT2D eigenvalue weighted by atomic mass is 32.2. The van der Waals surface area contributed by atoms with Crippen molar-refractivity contribution in [1.29, 1.82) is 0 Å². The molecular formula is C14H9NOS3. The van der Waals surface area contributed by atoms with Crippen LogP contribution in [0, 0.1) is 0 Å². The van der Waals surface area contributed by atoms with Gasteiger partial charge in [0.1, 0.15) is 0 Å². The Morgan fingerprint density at radius 1 is 1.11 bits per heavy atom. The van der Waals surface area contributed by atoms with Gasteiger partial charge in [0.05, 0.1) is 10.6 Å². The highest BCUT2D eigenvalue weighted by molar-refractivity contribution is 8.27. The Bertz CT molecular complexity index is 647. The van der Waals surface area contributed by atoms with Crippen LogP contribution in [0.4, 0.5) is 5.69 Å². The standard InChI is InChI=1S/C14H9NOS3/c16-13-12(9-11-7-4-8-18-11)19-14(17)15(13)10-5-2-1-3-6-10/h1-9H/b12-9+. The summed E-state index contributed by atoms with van der Waals surface area (Å²) in [6.07, 6.45) is 1.90. The lowest BCUT2D eigenvalue weighted by atomic mass is 10.3. The van der Waals surface area contributed by atoms with Crippen molar-refractivity contribution in [3.63, 3.8) is 0 Å². The Morgan fingerprint density at radius 3 is 2.58 bits per heavy atom.